The van der Waals surface area contributed by atoms with E-state index in [0.29, 0.717) is 6.61 Å². The fraction of sp³-hybridized carbons (Fsp3) is 0.571. The molecule has 0 aliphatic heterocycles. The van der Waals surface area contributed by atoms with Crippen molar-refractivity contribution in [1.82, 2.24) is 0 Å². The summed E-state index contributed by atoms with van der Waals surface area (Å²) >= 11 is 0. The van der Waals surface area contributed by atoms with Gasteiger partial charge in [-0.05, 0) is 34.1 Å². The minimum absolute atomic E-state index is 0.176. The number of aliphatic hydroxyl groups is 3. The molecule has 0 spiro atoms. The standard InChI is InChI=1S/C9H20O4.3C4H6O2/c1-3-4-13-8(2)9(5-10,6-11)7-12;3*1-3(2)4(5)6/h8,10-12H,3-7H2,1-2H3;3*1H2,2H3,(H,5,6). The highest BCUT2D eigenvalue weighted by atomic mass is 16.5. The zero-order chi connectivity index (χ0) is 25.8. The molecule has 0 bridgehead atoms. The van der Waals surface area contributed by atoms with Crippen LogP contribution in [-0.4, -0.2) is 81.1 Å². The van der Waals surface area contributed by atoms with E-state index in [1.807, 2.05) is 6.92 Å². The molecule has 1 atom stereocenters. The predicted molar refractivity (Wildman–Crippen MR) is 117 cm³/mol. The average Bonchev–Trinajstić information content (AvgIpc) is 2.69. The first-order valence-electron chi connectivity index (χ1n) is 9.20. The second kappa shape index (κ2) is 20.7. The molecule has 0 saturated carbocycles. The van der Waals surface area contributed by atoms with Gasteiger partial charge in [-0.3, -0.25) is 0 Å². The quantitative estimate of drug-likeness (QED) is 0.268. The van der Waals surface area contributed by atoms with Crippen LogP contribution in [0.1, 0.15) is 41.0 Å². The molecule has 1 unspecified atom stereocenters. The van der Waals surface area contributed by atoms with E-state index in [1.54, 1.807) is 6.92 Å². The molecule has 0 amide bonds. The van der Waals surface area contributed by atoms with Crippen molar-refractivity contribution in [3.63, 3.8) is 0 Å². The van der Waals surface area contributed by atoms with Gasteiger partial charge in [0.25, 0.3) is 0 Å². The van der Waals surface area contributed by atoms with Gasteiger partial charge in [-0.25, -0.2) is 14.4 Å². The molecule has 10 heteroatoms. The van der Waals surface area contributed by atoms with Crippen molar-refractivity contribution in [3.05, 3.63) is 36.5 Å². The van der Waals surface area contributed by atoms with Gasteiger partial charge in [-0.1, -0.05) is 26.7 Å². The highest BCUT2D eigenvalue weighted by Crippen LogP contribution is 2.22. The van der Waals surface area contributed by atoms with E-state index in [0.717, 1.165) is 6.42 Å². The molecule has 0 heterocycles. The Balaban J connectivity index is -0.000000171. The molecule has 0 aromatic rings. The summed E-state index contributed by atoms with van der Waals surface area (Å²) < 4.78 is 5.35. The van der Waals surface area contributed by atoms with Crippen LogP contribution in [0.25, 0.3) is 0 Å². The summed E-state index contributed by atoms with van der Waals surface area (Å²) in [7, 11) is 0. The largest absolute Gasteiger partial charge is 0.478 e. The Morgan fingerprint density at radius 3 is 1.13 bits per heavy atom. The maximum absolute atomic E-state index is 9.60. The van der Waals surface area contributed by atoms with Gasteiger partial charge >= 0.3 is 17.9 Å². The van der Waals surface area contributed by atoms with Crippen LogP contribution in [0.2, 0.25) is 0 Å². The topological polar surface area (TPSA) is 182 Å². The Hall–Kier alpha value is -2.53. The maximum atomic E-state index is 9.60. The van der Waals surface area contributed by atoms with Gasteiger partial charge in [0.15, 0.2) is 0 Å². The lowest BCUT2D eigenvalue weighted by molar-refractivity contribution is -0.133. The highest BCUT2D eigenvalue weighted by Gasteiger charge is 2.35. The van der Waals surface area contributed by atoms with Crippen LogP contribution in [0.15, 0.2) is 36.5 Å². The average molecular weight is 451 g/mol. The number of aliphatic carboxylic acids is 3. The number of aliphatic hydroxyl groups excluding tert-OH is 3. The van der Waals surface area contributed by atoms with Gasteiger partial charge in [0.05, 0.1) is 31.3 Å². The molecule has 0 rings (SSSR count). The minimum Gasteiger partial charge on any atom is -0.478 e. The predicted octanol–water partition coefficient (Wildman–Crippen LogP) is 1.71. The van der Waals surface area contributed by atoms with E-state index >= 15 is 0 Å². The number of hydrogen-bond donors (Lipinski definition) is 6. The number of hydrogen-bond acceptors (Lipinski definition) is 7. The van der Waals surface area contributed by atoms with Crippen molar-refractivity contribution >= 4 is 17.9 Å². The first-order chi connectivity index (χ1) is 14.1. The third kappa shape index (κ3) is 22.0. The lowest BCUT2D eigenvalue weighted by atomic mass is 9.85. The van der Waals surface area contributed by atoms with Crippen molar-refractivity contribution in [1.29, 1.82) is 0 Å². The van der Waals surface area contributed by atoms with Crippen LogP contribution < -0.4 is 0 Å². The second-order valence-electron chi connectivity index (χ2n) is 6.61. The third-order valence-corrected chi connectivity index (χ3v) is 3.47. The van der Waals surface area contributed by atoms with Gasteiger partial charge in [-0.15, -0.1) is 0 Å². The van der Waals surface area contributed by atoms with E-state index in [9.17, 15) is 14.4 Å². The molecule has 0 aliphatic rings. The smallest absolute Gasteiger partial charge is 0.330 e. The molecule has 6 N–H and O–H groups in total. The number of carbonyl (C=O) groups is 3. The van der Waals surface area contributed by atoms with Crippen molar-refractivity contribution in [3.8, 4) is 0 Å². The fourth-order valence-corrected chi connectivity index (χ4v) is 1.01. The molecule has 0 radical (unpaired) electrons. The first kappa shape index (κ1) is 35.9. The van der Waals surface area contributed by atoms with E-state index in [2.05, 4.69) is 19.7 Å². The molecule has 182 valence electrons. The molecule has 10 nitrogen and oxygen atoms in total. The molecule has 0 fully saturated rings. The number of rotatable bonds is 10. The van der Waals surface area contributed by atoms with Gasteiger partial charge in [0.1, 0.15) is 0 Å². The number of ether oxygens (including phenoxy) is 1. The Morgan fingerprint density at radius 2 is 1.00 bits per heavy atom. The van der Waals surface area contributed by atoms with Crippen molar-refractivity contribution in [2.24, 2.45) is 5.41 Å². The molecule has 31 heavy (non-hydrogen) atoms. The van der Waals surface area contributed by atoms with E-state index in [1.165, 1.54) is 20.8 Å². The van der Waals surface area contributed by atoms with Crippen LogP contribution >= 0.6 is 0 Å². The lowest BCUT2D eigenvalue weighted by Gasteiger charge is -2.33. The molecule has 0 saturated heterocycles. The summed E-state index contributed by atoms with van der Waals surface area (Å²) in [6.07, 6.45) is 0.537. The van der Waals surface area contributed by atoms with Crippen molar-refractivity contribution < 1.29 is 49.8 Å². The summed E-state index contributed by atoms with van der Waals surface area (Å²) in [6.45, 7) is 17.3. The summed E-state index contributed by atoms with van der Waals surface area (Å²) in [5.74, 6) is -2.81. The maximum Gasteiger partial charge on any atom is 0.330 e. The Morgan fingerprint density at radius 1 is 0.774 bits per heavy atom. The third-order valence-electron chi connectivity index (χ3n) is 3.47. The summed E-state index contributed by atoms with van der Waals surface area (Å²) in [6, 6.07) is 0. The van der Waals surface area contributed by atoms with Gasteiger partial charge < -0.3 is 35.4 Å². The Bertz CT molecular complexity index is 475. The second-order valence-corrected chi connectivity index (χ2v) is 6.61. The van der Waals surface area contributed by atoms with Crippen LogP contribution in [-0.2, 0) is 19.1 Å². The van der Waals surface area contributed by atoms with Crippen LogP contribution in [0, 0.1) is 5.41 Å². The van der Waals surface area contributed by atoms with Crippen LogP contribution in [0.4, 0.5) is 0 Å². The zero-order valence-corrected chi connectivity index (χ0v) is 19.1. The minimum atomic E-state index is -0.935. The van der Waals surface area contributed by atoms with Gasteiger partial charge in [0, 0.05) is 23.3 Å². The SMILES string of the molecule is C=C(C)C(=O)O.C=C(C)C(=O)O.C=C(C)C(=O)O.CCCOC(C)C(CO)(CO)CO. The normalized spacial score (nSPS) is 10.5. The molecular formula is C21H38O10. The van der Waals surface area contributed by atoms with Gasteiger partial charge in [0.2, 0.25) is 0 Å². The van der Waals surface area contributed by atoms with Crippen molar-refractivity contribution in [2.75, 3.05) is 26.4 Å². The summed E-state index contributed by atoms with van der Waals surface area (Å²) in [5.41, 5.74) is -0.394. The monoisotopic (exact) mass is 450 g/mol. The van der Waals surface area contributed by atoms with E-state index in [-0.39, 0.29) is 42.6 Å². The highest BCUT2D eigenvalue weighted by molar-refractivity contribution is 5.85. The summed E-state index contributed by atoms with van der Waals surface area (Å²) in [5, 5.41) is 50.8. The molecular weight excluding hydrogens is 412 g/mol. The summed E-state index contributed by atoms with van der Waals surface area (Å²) in [4.78, 5) is 28.8. The van der Waals surface area contributed by atoms with E-state index in [4.69, 9.17) is 35.4 Å². The fourth-order valence-electron chi connectivity index (χ4n) is 1.01. The van der Waals surface area contributed by atoms with Crippen molar-refractivity contribution in [2.45, 2.75) is 47.1 Å². The number of carboxylic acid groups (broad SMARTS) is 3. The zero-order valence-electron chi connectivity index (χ0n) is 19.1. The molecule has 0 aromatic heterocycles. The molecule has 0 aliphatic carbocycles. The van der Waals surface area contributed by atoms with Crippen LogP contribution in [0.3, 0.4) is 0 Å². The van der Waals surface area contributed by atoms with E-state index < -0.39 is 23.3 Å². The molecule has 0 aromatic carbocycles. The first-order valence-corrected chi connectivity index (χ1v) is 9.20. The van der Waals surface area contributed by atoms with Gasteiger partial charge in [-0.2, -0.15) is 0 Å². The van der Waals surface area contributed by atoms with Crippen LogP contribution in [0.5, 0.6) is 0 Å². The Labute approximate surface area is 183 Å². The number of carboxylic acids is 3. The Kier molecular flexibility index (Phi) is 24.0. The lowest BCUT2D eigenvalue weighted by Crippen LogP contribution is -2.45.